The van der Waals surface area contributed by atoms with Crippen molar-refractivity contribution >= 4 is 47.7 Å². The molecule has 4 fully saturated rings. The molecule has 0 radical (unpaired) electrons. The standard InChI is InChI=1S/C61H63F5N10O6S/c1-39(2)75-57(83)55(59(4,43-9-11-44(12-10-43)61(64,65)66)74-24-6-7-42(56(74)77)29-41-8-23-52(53(30-41)79-5)72-32-40(3)68-38-72)76(58(75)78)48-16-14-46(15-17-48)70-25-27-71(28-26-70)47-18-20-49(21-19-47)80-33-54-81-35-60(82-54,34-73-37-67-36-69-73)50-22-13-45(62)31-51(50)63/h8-23,29-32,36-39,54-55,57,83H,6-7,24-28,33-35H2,1-5H3/b42-29+/t54-,55?,57?,59?,60+/m0/s1. The fourth-order valence-corrected chi connectivity index (χ4v) is 12.7. The van der Waals surface area contributed by atoms with E-state index in [4.69, 9.17) is 31.6 Å². The number of aromatic nitrogens is 5. The molecule has 4 aliphatic rings. The molecule has 434 valence electrons. The van der Waals surface area contributed by atoms with Gasteiger partial charge in [0, 0.05) is 79.2 Å². The third-order valence-electron chi connectivity index (χ3n) is 16.2. The zero-order chi connectivity index (χ0) is 58.4. The average Bonchev–Trinajstić information content (AvgIpc) is 1.96. The predicted octanol–water partition coefficient (Wildman–Crippen LogP) is 10.6. The molecule has 5 aromatic carbocycles. The van der Waals surface area contributed by atoms with Crippen molar-refractivity contribution in [2.75, 3.05) is 67.7 Å². The number of ether oxygens (including phenoxy) is 4. The van der Waals surface area contributed by atoms with E-state index in [0.29, 0.717) is 67.3 Å². The van der Waals surface area contributed by atoms with E-state index in [2.05, 4.69) is 24.9 Å². The maximum absolute atomic E-state index is 15.2. The first-order chi connectivity index (χ1) is 39.8. The molecule has 4 saturated heterocycles. The zero-order valence-corrected chi connectivity index (χ0v) is 47.3. The summed E-state index contributed by atoms with van der Waals surface area (Å²) in [4.78, 5) is 48.1. The summed E-state index contributed by atoms with van der Waals surface area (Å²) in [5.41, 5.74) is 2.32. The van der Waals surface area contributed by atoms with Crippen molar-refractivity contribution < 1.29 is 50.5 Å². The zero-order valence-electron chi connectivity index (χ0n) is 46.4. The Hall–Kier alpha value is -7.95. The molecule has 5 atom stereocenters. The van der Waals surface area contributed by atoms with Gasteiger partial charge < -0.3 is 43.1 Å². The van der Waals surface area contributed by atoms with Crippen LogP contribution in [0.15, 0.2) is 140 Å². The SMILES string of the molecule is COc1cc(/C=C2\CCCN(C(C)(c3ccc(C(F)(F)F)cc3)C3C(S)N(C(C)C)C(=O)N3c3ccc(N4CCN(c5ccc(OC[C@H]6OC[C@](Cn7cncn7)(c7ccc(F)cc7F)O6)cc5)CC4)cc3)C2=O)ccc1-n1cnc(C)c1. The number of benzene rings is 5. The van der Waals surface area contributed by atoms with Crippen LogP contribution >= 0.6 is 12.6 Å². The fourth-order valence-electron chi connectivity index (χ4n) is 11.9. The summed E-state index contributed by atoms with van der Waals surface area (Å²) in [6.07, 6.45) is 3.80. The van der Waals surface area contributed by atoms with Crippen LogP contribution in [0.2, 0.25) is 0 Å². The van der Waals surface area contributed by atoms with Crippen molar-refractivity contribution in [3.05, 3.63) is 180 Å². The number of piperazine rings is 1. The summed E-state index contributed by atoms with van der Waals surface area (Å²) >= 11 is 5.18. The number of urea groups is 1. The third kappa shape index (κ3) is 11.2. The molecule has 3 amide bonds. The summed E-state index contributed by atoms with van der Waals surface area (Å²) in [6.45, 7) is 10.6. The van der Waals surface area contributed by atoms with Crippen LogP contribution in [-0.4, -0.2) is 123 Å². The van der Waals surface area contributed by atoms with Gasteiger partial charge in [0.05, 0.1) is 55.1 Å². The van der Waals surface area contributed by atoms with Gasteiger partial charge in [-0.1, -0.05) is 24.3 Å². The topological polar surface area (TPSA) is 136 Å². The first-order valence-corrected chi connectivity index (χ1v) is 27.9. The number of likely N-dealkylation sites (tertiary alicyclic amines) is 1. The second kappa shape index (κ2) is 23.0. The Morgan fingerprint density at radius 1 is 0.843 bits per heavy atom. The fraction of sp³-hybridized carbons (Fsp3) is 0.361. The van der Waals surface area contributed by atoms with E-state index in [0.717, 1.165) is 46.5 Å². The molecule has 0 spiro atoms. The Labute approximate surface area is 483 Å². The number of alkyl halides is 3. The Balaban J connectivity index is 0.797. The summed E-state index contributed by atoms with van der Waals surface area (Å²) in [7, 11) is 1.58. The highest BCUT2D eigenvalue weighted by atomic mass is 32.1. The van der Waals surface area contributed by atoms with E-state index >= 15 is 9.18 Å². The minimum absolute atomic E-state index is 0.00695. The lowest BCUT2D eigenvalue weighted by Crippen LogP contribution is -2.62. The first-order valence-electron chi connectivity index (χ1n) is 27.4. The van der Waals surface area contributed by atoms with Gasteiger partial charge in [-0.25, -0.2) is 28.2 Å². The molecule has 4 aliphatic heterocycles. The van der Waals surface area contributed by atoms with Gasteiger partial charge in [0.2, 0.25) is 0 Å². The lowest BCUT2D eigenvalue weighted by atomic mass is 9.79. The van der Waals surface area contributed by atoms with Crippen LogP contribution in [0.1, 0.15) is 61.6 Å². The summed E-state index contributed by atoms with van der Waals surface area (Å²) in [6, 6.07) is 27.7. The van der Waals surface area contributed by atoms with Crippen molar-refractivity contribution in [3.8, 4) is 17.2 Å². The van der Waals surface area contributed by atoms with Gasteiger partial charge >= 0.3 is 12.2 Å². The van der Waals surface area contributed by atoms with E-state index in [9.17, 15) is 22.4 Å². The molecule has 3 unspecified atom stereocenters. The molecule has 7 aromatic rings. The maximum Gasteiger partial charge on any atom is 0.416 e. The highest BCUT2D eigenvalue weighted by Gasteiger charge is 2.58. The molecule has 11 rings (SSSR count). The molecule has 0 bridgehead atoms. The number of hydrogen-bond acceptors (Lipinski definition) is 12. The third-order valence-corrected chi connectivity index (χ3v) is 16.7. The van der Waals surface area contributed by atoms with Gasteiger partial charge in [-0.2, -0.15) is 30.9 Å². The maximum atomic E-state index is 15.2. The van der Waals surface area contributed by atoms with E-state index in [1.807, 2.05) is 111 Å². The van der Waals surface area contributed by atoms with Crippen LogP contribution < -0.4 is 24.2 Å². The highest BCUT2D eigenvalue weighted by molar-refractivity contribution is 7.81. The molecule has 0 N–H and O–H groups in total. The first kappa shape index (κ1) is 56.9. The lowest BCUT2D eigenvalue weighted by Gasteiger charge is -2.50. The number of rotatable bonds is 16. The number of anilines is 3. The molecular weight excluding hydrogens is 1100 g/mol. The van der Waals surface area contributed by atoms with Crippen molar-refractivity contribution in [2.24, 2.45) is 0 Å². The predicted molar refractivity (Wildman–Crippen MR) is 306 cm³/mol. The van der Waals surface area contributed by atoms with Gasteiger partial charge in [-0.3, -0.25) is 9.69 Å². The summed E-state index contributed by atoms with van der Waals surface area (Å²) in [5, 5.41) is 3.35. The van der Waals surface area contributed by atoms with Crippen molar-refractivity contribution in [3.63, 3.8) is 0 Å². The van der Waals surface area contributed by atoms with Gasteiger partial charge in [0.15, 0.2) is 6.29 Å². The molecule has 2 aromatic heterocycles. The van der Waals surface area contributed by atoms with Crippen LogP contribution in [-0.2, 0) is 38.1 Å². The number of nitrogens with zero attached hydrogens (tertiary/aromatic N) is 10. The number of imidazole rings is 1. The Bertz CT molecular complexity index is 3490. The molecule has 83 heavy (non-hydrogen) atoms. The molecule has 0 saturated carbocycles. The van der Waals surface area contributed by atoms with Crippen LogP contribution in [0.25, 0.3) is 11.8 Å². The largest absolute Gasteiger partial charge is 0.495 e. The van der Waals surface area contributed by atoms with E-state index < -0.39 is 52.2 Å². The van der Waals surface area contributed by atoms with Gasteiger partial charge in [-0.15, -0.1) is 0 Å². The minimum Gasteiger partial charge on any atom is -0.495 e. The Morgan fingerprint density at radius 3 is 2.13 bits per heavy atom. The van der Waals surface area contributed by atoms with Crippen molar-refractivity contribution in [2.45, 2.75) is 88.1 Å². The molecule has 16 nitrogen and oxygen atoms in total. The van der Waals surface area contributed by atoms with Crippen molar-refractivity contribution in [1.29, 1.82) is 0 Å². The number of aryl methyl sites for hydroxylation is 1. The molecular formula is C61H63F5N10O6S. The minimum atomic E-state index is -4.61. The normalized spacial score (nSPS) is 21.9. The summed E-state index contributed by atoms with van der Waals surface area (Å²) < 4.78 is 99.0. The second-order valence-corrected chi connectivity index (χ2v) is 22.2. The number of methoxy groups -OCH3 is 1. The summed E-state index contributed by atoms with van der Waals surface area (Å²) in [5.74, 6) is -0.630. The number of hydrogen-bond donors (Lipinski definition) is 1. The van der Waals surface area contributed by atoms with Crippen LogP contribution in [0.5, 0.6) is 11.5 Å². The number of amides is 3. The number of halogens is 5. The van der Waals surface area contributed by atoms with E-state index in [1.54, 1.807) is 28.1 Å². The molecule has 22 heteroatoms. The van der Waals surface area contributed by atoms with E-state index in [-0.39, 0.29) is 49.8 Å². The second-order valence-electron chi connectivity index (χ2n) is 21.7. The quantitative estimate of drug-likeness (QED) is 0.0563. The van der Waals surface area contributed by atoms with Crippen LogP contribution in [0.3, 0.4) is 0 Å². The van der Waals surface area contributed by atoms with E-state index in [1.165, 1.54) is 41.6 Å². The van der Waals surface area contributed by atoms with Crippen LogP contribution in [0, 0.1) is 18.6 Å². The molecule has 0 aliphatic carbocycles. The highest BCUT2D eigenvalue weighted by Crippen LogP contribution is 2.48. The average molecular weight is 1160 g/mol. The number of carbonyl (C=O) groups excluding carboxylic acids is 2. The number of piperidine rings is 1. The van der Waals surface area contributed by atoms with Gasteiger partial charge in [-0.05, 0) is 137 Å². The Morgan fingerprint density at radius 2 is 1.52 bits per heavy atom. The Kier molecular flexibility index (Phi) is 15.8. The van der Waals surface area contributed by atoms with Crippen molar-refractivity contribution in [1.82, 2.24) is 34.1 Å². The van der Waals surface area contributed by atoms with Gasteiger partial charge in [0.25, 0.3) is 5.91 Å². The number of thiol groups is 1. The number of carbonyl (C=O) groups is 2. The molecule has 6 heterocycles. The van der Waals surface area contributed by atoms with Crippen LogP contribution in [0.4, 0.5) is 43.8 Å². The monoisotopic (exact) mass is 1160 g/mol. The lowest BCUT2D eigenvalue weighted by molar-refractivity contribution is -0.138. The van der Waals surface area contributed by atoms with Gasteiger partial charge in [0.1, 0.15) is 53.4 Å². The smallest absolute Gasteiger partial charge is 0.416 e.